The summed E-state index contributed by atoms with van der Waals surface area (Å²) in [7, 11) is -3.85. The minimum atomic E-state index is -3.85. The van der Waals surface area contributed by atoms with Crippen molar-refractivity contribution in [3.63, 3.8) is 0 Å². The molecule has 0 atom stereocenters. The summed E-state index contributed by atoms with van der Waals surface area (Å²) in [6.07, 6.45) is -0.754. The van der Waals surface area contributed by atoms with Gasteiger partial charge in [-0.3, -0.25) is 20.4 Å². The number of nitrogens with one attached hydrogen (secondary N) is 4. The molecule has 0 bridgehead atoms. The molecule has 2 rings (SSSR count). The van der Waals surface area contributed by atoms with Crippen LogP contribution < -0.4 is 20.9 Å². The van der Waals surface area contributed by atoms with Crippen LogP contribution in [0.1, 0.15) is 43.1 Å². The zero-order chi connectivity index (χ0) is 24.5. The molecule has 0 aromatic heterocycles. The van der Waals surface area contributed by atoms with Gasteiger partial charge >= 0.3 is 6.09 Å². The molecule has 0 saturated heterocycles. The van der Waals surface area contributed by atoms with Gasteiger partial charge in [0, 0.05) is 25.1 Å². The predicted octanol–water partition coefficient (Wildman–Crippen LogP) is 1.84. The number of hydrogen-bond acceptors (Lipinski definition) is 6. The van der Waals surface area contributed by atoms with Crippen LogP contribution in [0.25, 0.3) is 0 Å². The topological polar surface area (TPSA) is 143 Å². The third kappa shape index (κ3) is 9.29. The van der Waals surface area contributed by atoms with E-state index in [2.05, 4.69) is 20.9 Å². The Hall–Kier alpha value is -3.44. The molecule has 0 saturated carbocycles. The van der Waals surface area contributed by atoms with Crippen LogP contribution in [0.3, 0.4) is 0 Å². The molecule has 0 fully saturated rings. The predicted molar refractivity (Wildman–Crippen MR) is 121 cm³/mol. The van der Waals surface area contributed by atoms with Crippen LogP contribution in [-0.4, -0.2) is 38.5 Å². The van der Waals surface area contributed by atoms with Crippen molar-refractivity contribution in [3.05, 3.63) is 65.7 Å². The first-order valence-electron chi connectivity index (χ1n) is 10.2. The number of ether oxygens (including phenoxy) is 1. The molecule has 0 heterocycles. The van der Waals surface area contributed by atoms with Crippen molar-refractivity contribution >= 4 is 27.9 Å². The lowest BCUT2D eigenvalue weighted by Crippen LogP contribution is -2.43. The van der Waals surface area contributed by atoms with Crippen molar-refractivity contribution in [2.45, 2.75) is 44.2 Å². The van der Waals surface area contributed by atoms with Gasteiger partial charge in [-0.1, -0.05) is 36.4 Å². The van der Waals surface area contributed by atoms with E-state index in [1.54, 1.807) is 45.0 Å². The van der Waals surface area contributed by atoms with Crippen molar-refractivity contribution in [1.82, 2.24) is 20.9 Å². The number of hydrazine groups is 1. The lowest BCUT2D eigenvalue weighted by Gasteiger charge is -2.19. The van der Waals surface area contributed by atoms with Gasteiger partial charge in [0.15, 0.2) is 0 Å². The monoisotopic (exact) mass is 476 g/mol. The van der Waals surface area contributed by atoms with E-state index >= 15 is 0 Å². The highest BCUT2D eigenvalue weighted by molar-refractivity contribution is 7.89. The second kappa shape index (κ2) is 11.4. The maximum Gasteiger partial charge on any atom is 0.407 e. The number of amides is 3. The Bertz CT molecular complexity index is 1080. The summed E-state index contributed by atoms with van der Waals surface area (Å²) in [5.74, 6) is -1.24. The Morgan fingerprint density at radius 3 is 2.30 bits per heavy atom. The largest absolute Gasteiger partial charge is 0.444 e. The zero-order valence-electron chi connectivity index (χ0n) is 18.7. The number of alkyl carbamates (subject to hydrolysis) is 1. The van der Waals surface area contributed by atoms with Crippen LogP contribution in [0.5, 0.6) is 0 Å². The smallest absolute Gasteiger partial charge is 0.407 e. The van der Waals surface area contributed by atoms with E-state index in [0.29, 0.717) is 0 Å². The quantitative estimate of drug-likeness (QED) is 0.428. The van der Waals surface area contributed by atoms with Gasteiger partial charge in [0.2, 0.25) is 15.9 Å². The zero-order valence-corrected chi connectivity index (χ0v) is 19.5. The molecule has 0 aliphatic carbocycles. The fourth-order valence-corrected chi connectivity index (χ4v) is 3.58. The molecule has 4 N–H and O–H groups in total. The van der Waals surface area contributed by atoms with Crippen molar-refractivity contribution in [1.29, 1.82) is 0 Å². The summed E-state index contributed by atoms with van der Waals surface area (Å²) in [4.78, 5) is 35.6. The SMILES string of the molecule is CC(C)(C)OC(=O)NCCC(=O)NNC(=O)c1cccc(S(=O)(=O)NCc2ccccc2)c1. The third-order valence-corrected chi connectivity index (χ3v) is 5.45. The highest BCUT2D eigenvalue weighted by Gasteiger charge is 2.17. The standard InChI is InChI=1S/C22H28N4O6S/c1-22(2,3)32-21(29)23-13-12-19(27)25-26-20(28)17-10-7-11-18(14-17)33(30,31)24-15-16-8-5-4-6-9-16/h4-11,14,24H,12-13,15H2,1-3H3,(H,23,29)(H,25,27)(H,26,28). The van der Waals surface area contributed by atoms with E-state index in [-0.39, 0.29) is 30.0 Å². The molecule has 33 heavy (non-hydrogen) atoms. The summed E-state index contributed by atoms with van der Waals surface area (Å²) in [5.41, 5.74) is 4.61. The van der Waals surface area contributed by atoms with Crippen molar-refractivity contribution < 1.29 is 27.5 Å². The van der Waals surface area contributed by atoms with Gasteiger partial charge in [-0.2, -0.15) is 0 Å². The van der Waals surface area contributed by atoms with Gasteiger partial charge < -0.3 is 10.1 Å². The number of rotatable bonds is 8. The maximum atomic E-state index is 12.5. The first-order chi connectivity index (χ1) is 15.5. The second-order valence-electron chi connectivity index (χ2n) is 8.02. The first-order valence-corrected chi connectivity index (χ1v) is 11.6. The molecule has 11 heteroatoms. The summed E-state index contributed by atoms with van der Waals surface area (Å²) in [5, 5.41) is 2.43. The molecule has 0 aliphatic rings. The molecule has 0 aliphatic heterocycles. The van der Waals surface area contributed by atoms with Crippen molar-refractivity contribution in [3.8, 4) is 0 Å². The highest BCUT2D eigenvalue weighted by Crippen LogP contribution is 2.12. The summed E-state index contributed by atoms with van der Waals surface area (Å²) < 4.78 is 32.6. The van der Waals surface area contributed by atoms with Gasteiger partial charge in [0.05, 0.1) is 4.90 Å². The number of benzene rings is 2. The molecule has 0 spiro atoms. The molecule has 178 valence electrons. The van der Waals surface area contributed by atoms with Gasteiger partial charge in [-0.05, 0) is 44.5 Å². The average molecular weight is 477 g/mol. The highest BCUT2D eigenvalue weighted by atomic mass is 32.2. The Kier molecular flexibility index (Phi) is 8.94. The van der Waals surface area contributed by atoms with Crippen LogP contribution >= 0.6 is 0 Å². The molecule has 3 amide bonds. The minimum Gasteiger partial charge on any atom is -0.444 e. The number of hydrogen-bond donors (Lipinski definition) is 4. The second-order valence-corrected chi connectivity index (χ2v) is 9.79. The van der Waals surface area contributed by atoms with Crippen LogP contribution in [0, 0.1) is 0 Å². The van der Waals surface area contributed by atoms with Crippen LogP contribution in [-0.2, 0) is 26.1 Å². The Morgan fingerprint density at radius 1 is 0.939 bits per heavy atom. The Balaban J connectivity index is 1.84. The van der Waals surface area contributed by atoms with Crippen LogP contribution in [0.2, 0.25) is 0 Å². The fourth-order valence-electron chi connectivity index (χ4n) is 2.52. The summed E-state index contributed by atoms with van der Waals surface area (Å²) in [6.45, 7) is 5.27. The number of carbonyl (C=O) groups excluding carboxylic acids is 3. The van der Waals surface area contributed by atoms with Gasteiger partial charge in [-0.15, -0.1) is 0 Å². The molecule has 2 aromatic carbocycles. The normalized spacial score (nSPS) is 11.4. The van der Waals surface area contributed by atoms with Gasteiger partial charge in [-0.25, -0.2) is 17.9 Å². The molecular formula is C22H28N4O6S. The van der Waals surface area contributed by atoms with Crippen molar-refractivity contribution in [2.24, 2.45) is 0 Å². The maximum absolute atomic E-state index is 12.5. The first kappa shape index (κ1) is 25.8. The molecular weight excluding hydrogens is 448 g/mol. The number of sulfonamides is 1. The molecule has 2 aromatic rings. The summed E-state index contributed by atoms with van der Waals surface area (Å²) in [6, 6.07) is 14.4. The van der Waals surface area contributed by atoms with Crippen LogP contribution in [0.4, 0.5) is 4.79 Å². The minimum absolute atomic E-state index is 0.0113. The lowest BCUT2D eigenvalue weighted by molar-refractivity contribution is -0.121. The van der Waals surface area contributed by atoms with E-state index in [0.717, 1.165) is 5.56 Å². The number of carbonyl (C=O) groups is 3. The van der Waals surface area contributed by atoms with Crippen LogP contribution in [0.15, 0.2) is 59.5 Å². The van der Waals surface area contributed by atoms with Crippen molar-refractivity contribution in [2.75, 3.05) is 6.54 Å². The Labute approximate surface area is 193 Å². The summed E-state index contributed by atoms with van der Waals surface area (Å²) >= 11 is 0. The average Bonchev–Trinajstić information content (AvgIpc) is 2.75. The molecule has 10 nitrogen and oxygen atoms in total. The van der Waals surface area contributed by atoms with E-state index in [9.17, 15) is 22.8 Å². The fraction of sp³-hybridized carbons (Fsp3) is 0.318. The van der Waals surface area contributed by atoms with E-state index in [1.807, 2.05) is 6.07 Å². The Morgan fingerprint density at radius 2 is 1.64 bits per heavy atom. The van der Waals surface area contributed by atoms with Gasteiger partial charge in [0.25, 0.3) is 5.91 Å². The van der Waals surface area contributed by atoms with E-state index < -0.39 is 33.5 Å². The molecule has 0 radical (unpaired) electrons. The third-order valence-electron chi connectivity index (χ3n) is 4.05. The van der Waals surface area contributed by atoms with E-state index in [1.165, 1.54) is 24.3 Å². The van der Waals surface area contributed by atoms with E-state index in [4.69, 9.17) is 4.74 Å². The van der Waals surface area contributed by atoms with Gasteiger partial charge in [0.1, 0.15) is 5.60 Å². The molecule has 0 unspecified atom stereocenters. The lowest BCUT2D eigenvalue weighted by atomic mass is 10.2.